The van der Waals surface area contributed by atoms with Crippen LogP contribution in [0, 0.1) is 0 Å². The molecule has 2 aromatic rings. The number of H-pyrrole nitrogens is 1. The van der Waals surface area contributed by atoms with Crippen molar-refractivity contribution in [1.29, 1.82) is 0 Å². The predicted octanol–water partition coefficient (Wildman–Crippen LogP) is 5.29. The first kappa shape index (κ1) is 17.6. The van der Waals surface area contributed by atoms with E-state index in [1.54, 1.807) is 18.3 Å². The molecule has 0 spiro atoms. The summed E-state index contributed by atoms with van der Waals surface area (Å²) in [5.74, 6) is 0. The Balaban J connectivity index is 1.76. The first-order valence-electron chi connectivity index (χ1n) is 8.64. The highest BCUT2D eigenvalue weighted by molar-refractivity contribution is 6.00. The maximum absolute atomic E-state index is 12.7. The van der Waals surface area contributed by atoms with Crippen LogP contribution < -0.4 is 5.32 Å². The highest BCUT2D eigenvalue weighted by Gasteiger charge is 2.32. The summed E-state index contributed by atoms with van der Waals surface area (Å²) in [7, 11) is 0. The smallest absolute Gasteiger partial charge is 0.361 e. The van der Waals surface area contributed by atoms with Gasteiger partial charge in [-0.2, -0.15) is 13.2 Å². The second-order valence-corrected chi connectivity index (χ2v) is 6.53. The fourth-order valence-corrected chi connectivity index (χ4v) is 3.47. The van der Waals surface area contributed by atoms with Gasteiger partial charge in [0.2, 0.25) is 0 Å². The van der Waals surface area contributed by atoms with Gasteiger partial charge in [-0.25, -0.2) is 4.79 Å². The van der Waals surface area contributed by atoms with Gasteiger partial charge in [-0.3, -0.25) is 0 Å². The summed E-state index contributed by atoms with van der Waals surface area (Å²) in [6.45, 7) is -0.302. The summed E-state index contributed by atoms with van der Waals surface area (Å²) in [6, 6.07) is 6.71. The van der Waals surface area contributed by atoms with Crippen LogP contribution in [-0.2, 0) is 0 Å². The number of hydrogen-bond acceptors (Lipinski definition) is 1. The highest BCUT2D eigenvalue weighted by atomic mass is 19.4. The lowest BCUT2D eigenvalue weighted by atomic mass is 9.94. The van der Waals surface area contributed by atoms with Gasteiger partial charge in [0.05, 0.1) is 12.1 Å². The number of benzene rings is 1. The number of nitrogens with zero attached hydrogens (tertiary/aromatic N) is 1. The molecular weight excluding hydrogens is 331 g/mol. The minimum Gasteiger partial charge on any atom is -0.361 e. The largest absolute Gasteiger partial charge is 0.390 e. The molecule has 1 aliphatic rings. The summed E-state index contributed by atoms with van der Waals surface area (Å²) in [5, 5.41) is 3.65. The van der Waals surface area contributed by atoms with Gasteiger partial charge >= 0.3 is 12.2 Å². The van der Waals surface area contributed by atoms with Crippen LogP contribution in [0.4, 0.5) is 23.7 Å². The third-order valence-corrected chi connectivity index (χ3v) is 4.75. The van der Waals surface area contributed by atoms with Crippen molar-refractivity contribution in [2.24, 2.45) is 0 Å². The topological polar surface area (TPSA) is 48.1 Å². The van der Waals surface area contributed by atoms with Gasteiger partial charge in [-0.15, -0.1) is 0 Å². The van der Waals surface area contributed by atoms with Crippen molar-refractivity contribution >= 4 is 22.6 Å². The molecule has 0 radical (unpaired) electrons. The molecule has 1 heterocycles. The Morgan fingerprint density at radius 1 is 1.20 bits per heavy atom. The van der Waals surface area contributed by atoms with Crippen LogP contribution in [-0.4, -0.2) is 34.7 Å². The van der Waals surface area contributed by atoms with Gasteiger partial charge in [0.1, 0.15) is 0 Å². The molecule has 1 saturated carbocycles. The van der Waals surface area contributed by atoms with Crippen molar-refractivity contribution in [3.63, 3.8) is 0 Å². The molecule has 2 N–H and O–H groups in total. The lowest BCUT2D eigenvalue weighted by molar-refractivity contribution is -0.137. The molecule has 1 aromatic carbocycles. The number of carbonyl (C=O) groups excluding carboxylic acids is 1. The van der Waals surface area contributed by atoms with Crippen molar-refractivity contribution in [2.75, 3.05) is 11.9 Å². The van der Waals surface area contributed by atoms with E-state index in [1.807, 2.05) is 12.1 Å². The van der Waals surface area contributed by atoms with E-state index < -0.39 is 18.6 Å². The van der Waals surface area contributed by atoms with E-state index >= 15 is 0 Å². The zero-order chi connectivity index (χ0) is 17.9. The molecule has 0 atom stereocenters. The third kappa shape index (κ3) is 4.46. The molecule has 2 amide bonds. The number of halogens is 3. The van der Waals surface area contributed by atoms with Crippen LogP contribution in [0.5, 0.6) is 0 Å². The van der Waals surface area contributed by atoms with Crippen molar-refractivity contribution in [3.05, 3.63) is 30.5 Å². The Morgan fingerprint density at radius 3 is 2.68 bits per heavy atom. The summed E-state index contributed by atoms with van der Waals surface area (Å²) in [6.07, 6.45) is 1.02. The van der Waals surface area contributed by atoms with Gasteiger partial charge in [0, 0.05) is 29.7 Å². The molecule has 0 unspecified atom stereocenters. The lowest BCUT2D eigenvalue weighted by Gasteiger charge is -2.34. The number of rotatable bonds is 4. The van der Waals surface area contributed by atoms with Crippen molar-refractivity contribution in [2.45, 2.75) is 50.7 Å². The van der Waals surface area contributed by atoms with Crippen molar-refractivity contribution in [3.8, 4) is 0 Å². The molecule has 7 heteroatoms. The van der Waals surface area contributed by atoms with Crippen molar-refractivity contribution < 1.29 is 18.0 Å². The number of urea groups is 1. The molecule has 136 valence electrons. The number of fused-ring (bicyclic) bond motifs is 1. The normalized spacial score (nSPS) is 16.1. The first-order valence-corrected chi connectivity index (χ1v) is 8.64. The average molecular weight is 353 g/mol. The first-order chi connectivity index (χ1) is 11.9. The SMILES string of the molecule is O=C(Nc1cccc2[nH]ccc12)N(CCC(F)(F)F)C1CCCCC1. The van der Waals surface area contributed by atoms with Gasteiger partial charge in [-0.1, -0.05) is 25.3 Å². The maximum atomic E-state index is 12.7. The van der Waals surface area contributed by atoms with Crippen LogP contribution in [0.25, 0.3) is 10.9 Å². The van der Waals surface area contributed by atoms with Gasteiger partial charge in [0.15, 0.2) is 0 Å². The zero-order valence-corrected chi connectivity index (χ0v) is 13.9. The van der Waals surface area contributed by atoms with E-state index in [9.17, 15) is 18.0 Å². The Morgan fingerprint density at radius 2 is 1.96 bits per heavy atom. The van der Waals surface area contributed by atoms with Crippen LogP contribution in [0.1, 0.15) is 38.5 Å². The maximum Gasteiger partial charge on any atom is 0.390 e. The number of anilines is 1. The van der Waals surface area contributed by atoms with E-state index in [1.165, 1.54) is 4.90 Å². The van der Waals surface area contributed by atoms with E-state index in [2.05, 4.69) is 10.3 Å². The number of aromatic amines is 1. The molecule has 3 rings (SSSR count). The Kier molecular flexibility index (Phi) is 5.20. The Labute approximate surface area is 144 Å². The molecule has 1 aliphatic carbocycles. The van der Waals surface area contributed by atoms with Crippen LogP contribution in [0.15, 0.2) is 30.5 Å². The Bertz CT molecular complexity index is 720. The molecule has 0 bridgehead atoms. The number of aromatic nitrogens is 1. The average Bonchev–Trinajstić information content (AvgIpc) is 3.05. The van der Waals surface area contributed by atoms with E-state index in [4.69, 9.17) is 0 Å². The number of hydrogen-bond donors (Lipinski definition) is 2. The monoisotopic (exact) mass is 353 g/mol. The second-order valence-electron chi connectivity index (χ2n) is 6.53. The van der Waals surface area contributed by atoms with Crippen molar-refractivity contribution in [1.82, 2.24) is 9.88 Å². The summed E-state index contributed by atoms with van der Waals surface area (Å²) < 4.78 is 38.0. The minimum absolute atomic E-state index is 0.124. The highest BCUT2D eigenvalue weighted by Crippen LogP contribution is 2.28. The molecule has 4 nitrogen and oxygen atoms in total. The second kappa shape index (κ2) is 7.37. The zero-order valence-electron chi connectivity index (χ0n) is 13.9. The molecule has 1 aromatic heterocycles. The van der Waals surface area contributed by atoms with Crippen LogP contribution in [0.2, 0.25) is 0 Å². The third-order valence-electron chi connectivity index (χ3n) is 4.75. The van der Waals surface area contributed by atoms with Gasteiger partial charge in [-0.05, 0) is 31.0 Å². The van der Waals surface area contributed by atoms with E-state index in [0.29, 0.717) is 5.69 Å². The predicted molar refractivity (Wildman–Crippen MR) is 91.6 cm³/mol. The lowest BCUT2D eigenvalue weighted by Crippen LogP contribution is -2.45. The molecule has 0 aliphatic heterocycles. The number of nitrogens with one attached hydrogen (secondary N) is 2. The minimum atomic E-state index is -4.27. The van der Waals surface area contributed by atoms with Gasteiger partial charge < -0.3 is 15.2 Å². The van der Waals surface area contributed by atoms with Crippen LogP contribution >= 0.6 is 0 Å². The fourth-order valence-electron chi connectivity index (χ4n) is 3.47. The number of carbonyl (C=O) groups is 1. The standard InChI is InChI=1S/C18H22F3N3O/c19-18(20,21)10-12-24(13-5-2-1-3-6-13)17(25)23-16-8-4-7-15-14(16)9-11-22-15/h4,7-9,11,13,22H,1-3,5-6,10,12H2,(H,23,25). The number of amides is 2. The van der Waals surface area contributed by atoms with Gasteiger partial charge in [0.25, 0.3) is 0 Å². The summed E-state index contributed by atoms with van der Waals surface area (Å²) >= 11 is 0. The molecular formula is C18H22F3N3O. The Hall–Kier alpha value is -2.18. The quantitative estimate of drug-likeness (QED) is 0.771. The number of alkyl halides is 3. The summed E-state index contributed by atoms with van der Waals surface area (Å²) in [5.41, 5.74) is 1.48. The molecule has 0 saturated heterocycles. The fraction of sp³-hybridized carbons (Fsp3) is 0.500. The van der Waals surface area contributed by atoms with Crippen LogP contribution in [0.3, 0.4) is 0 Å². The summed E-state index contributed by atoms with van der Waals surface area (Å²) in [4.78, 5) is 17.2. The molecule has 25 heavy (non-hydrogen) atoms. The molecule has 1 fully saturated rings. The van der Waals surface area contributed by atoms with E-state index in [0.717, 1.165) is 43.0 Å². The van der Waals surface area contributed by atoms with E-state index in [-0.39, 0.29) is 12.6 Å².